The molecule has 64 heavy (non-hydrogen) atoms. The van der Waals surface area contributed by atoms with Crippen molar-refractivity contribution in [1.29, 1.82) is 0 Å². The molecule has 0 radical (unpaired) electrons. The summed E-state index contributed by atoms with van der Waals surface area (Å²) in [5, 5.41) is 13.9. The summed E-state index contributed by atoms with van der Waals surface area (Å²) in [6.45, 7) is 7.97. The summed E-state index contributed by atoms with van der Waals surface area (Å²) in [7, 11) is -3.32. The molecule has 5 aliphatic rings. The first-order valence-electron chi connectivity index (χ1n) is 20.6. The van der Waals surface area contributed by atoms with Crippen LogP contribution in [0.25, 0.3) is 10.9 Å². The highest BCUT2D eigenvalue weighted by Gasteiger charge is 2.45. The number of carboxylic acid groups (broad SMARTS) is 1. The number of benzene rings is 3. The monoisotopic (exact) mass is 906 g/mol. The molecule has 338 valence electrons. The van der Waals surface area contributed by atoms with Gasteiger partial charge >= 0.3 is 12.1 Å². The van der Waals surface area contributed by atoms with Crippen LogP contribution in [0.3, 0.4) is 0 Å². The number of rotatable bonds is 11. The van der Waals surface area contributed by atoms with Crippen LogP contribution in [0.2, 0.25) is 0 Å². The highest BCUT2D eigenvalue weighted by Crippen LogP contribution is 2.34. The quantitative estimate of drug-likeness (QED) is 0.159. The Balaban J connectivity index is 0.000000741. The lowest BCUT2D eigenvalue weighted by Crippen LogP contribution is -2.67. The van der Waals surface area contributed by atoms with Gasteiger partial charge in [0.2, 0.25) is 27.8 Å². The molecule has 6 heterocycles. The van der Waals surface area contributed by atoms with Gasteiger partial charge in [-0.05, 0) is 60.9 Å². The molecule has 4 saturated heterocycles. The number of anilines is 4. The molecule has 3 aromatic carbocycles. The molecule has 1 unspecified atom stereocenters. The minimum absolute atomic E-state index is 0.0919. The van der Waals surface area contributed by atoms with Gasteiger partial charge in [-0.3, -0.25) is 43.9 Å². The van der Waals surface area contributed by atoms with Crippen molar-refractivity contribution in [3.8, 4) is 0 Å². The maximum absolute atomic E-state index is 13.3. The second-order valence-electron chi connectivity index (χ2n) is 16.3. The highest BCUT2D eigenvalue weighted by atomic mass is 32.2. The van der Waals surface area contributed by atoms with Crippen LogP contribution in [-0.4, -0.2) is 157 Å². The van der Waals surface area contributed by atoms with E-state index in [1.54, 1.807) is 24.3 Å². The average molecular weight is 907 g/mol. The Bertz CT molecular complexity index is 2600. The molecule has 22 heteroatoms. The number of aromatic nitrogens is 2. The van der Waals surface area contributed by atoms with Crippen LogP contribution in [0, 0.1) is 0 Å². The van der Waals surface area contributed by atoms with Gasteiger partial charge in [-0.2, -0.15) is 18.2 Å². The third-order valence-corrected chi connectivity index (χ3v) is 12.6. The second kappa shape index (κ2) is 17.6. The normalized spacial score (nSPS) is 20.0. The Labute approximate surface area is 365 Å². The van der Waals surface area contributed by atoms with Gasteiger partial charge in [0.1, 0.15) is 11.9 Å². The van der Waals surface area contributed by atoms with Gasteiger partial charge in [-0.25, -0.2) is 18.2 Å². The van der Waals surface area contributed by atoms with E-state index < -0.39 is 51.8 Å². The van der Waals surface area contributed by atoms with E-state index >= 15 is 0 Å². The van der Waals surface area contributed by atoms with Crippen LogP contribution in [0.5, 0.6) is 0 Å². The number of carboxylic acids is 1. The number of imide groups is 2. The number of carbonyl (C=O) groups excluding carboxylic acids is 4. The smallest absolute Gasteiger partial charge is 0.475 e. The van der Waals surface area contributed by atoms with Gasteiger partial charge in [0.15, 0.2) is 0 Å². The first-order chi connectivity index (χ1) is 30.4. The number of nitrogens with one attached hydrogen (secondary N) is 3. The summed E-state index contributed by atoms with van der Waals surface area (Å²) in [5.74, 6) is -3.21. The largest absolute Gasteiger partial charge is 0.490 e. The summed E-state index contributed by atoms with van der Waals surface area (Å²) >= 11 is 0. The van der Waals surface area contributed by atoms with Gasteiger partial charge in [0.05, 0.1) is 22.9 Å². The number of nitrogens with zero attached hydrogens (tertiary/aromatic N) is 7. The molecule has 1 atom stereocenters. The standard InChI is InChI=1S/C40H44N10O6S.C2HF3O2/c1-57(55,56)45-26-8-6-25(7-9-26)14-15-41-36-31-4-2-3-5-33(31)42-40(44-36)49-23-29(24-49)47-18-16-46(17-19-47)28-21-48(22-28)27-10-11-30-32(20-27)39(54)50(38(30)53)34-12-13-35(51)43-37(34)52;3-2(4,5)1(6)7/h2-11,20,28-29,34,45H,12-19,21-24H2,1H3,(H,41,42,44)(H,43,51,52);(H,6,7). The zero-order chi connectivity index (χ0) is 45.5. The molecule has 18 nitrogen and oxygen atoms in total. The second-order valence-corrected chi connectivity index (χ2v) is 18.1. The number of amides is 4. The number of aliphatic carboxylic acids is 1. The van der Waals surface area contributed by atoms with E-state index in [2.05, 4.69) is 35.0 Å². The maximum Gasteiger partial charge on any atom is 0.490 e. The van der Waals surface area contributed by atoms with Crippen molar-refractivity contribution in [3.63, 3.8) is 0 Å². The molecule has 9 rings (SSSR count). The van der Waals surface area contributed by atoms with Crippen molar-refractivity contribution in [2.24, 2.45) is 0 Å². The molecular weight excluding hydrogens is 862 g/mol. The first kappa shape index (κ1) is 44.2. The Morgan fingerprint density at radius 1 is 0.844 bits per heavy atom. The molecule has 4 fully saturated rings. The van der Waals surface area contributed by atoms with E-state index in [1.165, 1.54) is 0 Å². The zero-order valence-corrected chi connectivity index (χ0v) is 35.4. The van der Waals surface area contributed by atoms with Crippen LogP contribution in [0.15, 0.2) is 66.7 Å². The first-order valence-corrected chi connectivity index (χ1v) is 22.5. The molecule has 1 aromatic heterocycles. The van der Waals surface area contributed by atoms with Crippen molar-refractivity contribution in [3.05, 3.63) is 83.4 Å². The molecule has 0 spiro atoms. The minimum Gasteiger partial charge on any atom is -0.475 e. The summed E-state index contributed by atoms with van der Waals surface area (Å²) in [5.41, 5.74) is 4.00. The Kier molecular flexibility index (Phi) is 12.2. The predicted octanol–water partition coefficient (Wildman–Crippen LogP) is 2.39. The lowest BCUT2D eigenvalue weighted by atomic mass is 10.0. The summed E-state index contributed by atoms with van der Waals surface area (Å²) < 4.78 is 57.3. The third-order valence-electron chi connectivity index (χ3n) is 12.0. The number of sulfonamides is 1. The number of hydrogen-bond donors (Lipinski definition) is 4. The topological polar surface area (TPSA) is 218 Å². The van der Waals surface area contributed by atoms with Gasteiger partial charge in [0, 0.05) is 94.2 Å². The van der Waals surface area contributed by atoms with E-state index in [9.17, 15) is 40.8 Å². The van der Waals surface area contributed by atoms with E-state index in [4.69, 9.17) is 19.9 Å². The number of piperazine rings is 1. The third kappa shape index (κ3) is 9.57. The van der Waals surface area contributed by atoms with Gasteiger partial charge in [-0.1, -0.05) is 24.3 Å². The summed E-state index contributed by atoms with van der Waals surface area (Å²) in [4.78, 5) is 79.8. The molecule has 0 bridgehead atoms. The zero-order valence-electron chi connectivity index (χ0n) is 34.5. The van der Waals surface area contributed by atoms with Crippen LogP contribution < -0.4 is 25.2 Å². The molecule has 4 aromatic rings. The van der Waals surface area contributed by atoms with E-state index in [0.29, 0.717) is 35.4 Å². The predicted molar refractivity (Wildman–Crippen MR) is 229 cm³/mol. The van der Waals surface area contributed by atoms with Gasteiger partial charge in [0.25, 0.3) is 11.8 Å². The minimum atomic E-state index is -5.08. The Hall–Kier alpha value is -6.39. The SMILES string of the molecule is CS(=O)(=O)Nc1ccc(CCNc2nc(N3CC(N4CCN(C5CN(c6ccc7c(c6)C(=O)N(C6CCC(=O)NC6=O)C7=O)C5)CC4)C3)nc3ccccc23)cc1.O=C(O)C(F)(F)F. The maximum atomic E-state index is 13.3. The number of carbonyl (C=O) groups is 5. The molecule has 4 amide bonds. The number of alkyl halides is 3. The lowest BCUT2D eigenvalue weighted by molar-refractivity contribution is -0.192. The van der Waals surface area contributed by atoms with Gasteiger partial charge in [-0.15, -0.1) is 0 Å². The van der Waals surface area contributed by atoms with E-state index in [0.717, 1.165) is 104 Å². The van der Waals surface area contributed by atoms with Gasteiger partial charge < -0.3 is 20.2 Å². The molecule has 0 aliphatic carbocycles. The van der Waals surface area contributed by atoms with Crippen LogP contribution in [0.4, 0.5) is 36.3 Å². The van der Waals surface area contributed by atoms with Crippen LogP contribution >= 0.6 is 0 Å². The van der Waals surface area contributed by atoms with Crippen LogP contribution in [0.1, 0.15) is 39.1 Å². The summed E-state index contributed by atoms with van der Waals surface area (Å²) in [6.07, 6.45) is -2.97. The lowest BCUT2D eigenvalue weighted by Gasteiger charge is -2.52. The molecule has 0 saturated carbocycles. The number of hydrogen-bond acceptors (Lipinski definition) is 14. The fraction of sp³-hybridized carbons (Fsp3) is 0.405. The van der Waals surface area contributed by atoms with Crippen molar-refractivity contribution in [2.75, 3.05) is 85.0 Å². The molecule has 4 N–H and O–H groups in total. The Morgan fingerprint density at radius 2 is 1.45 bits per heavy atom. The highest BCUT2D eigenvalue weighted by molar-refractivity contribution is 7.92. The van der Waals surface area contributed by atoms with Crippen molar-refractivity contribution < 1.29 is 50.7 Å². The van der Waals surface area contributed by atoms with Crippen LogP contribution in [-0.2, 0) is 30.8 Å². The van der Waals surface area contributed by atoms with E-state index in [-0.39, 0.29) is 12.8 Å². The number of fused-ring (bicyclic) bond motifs is 2. The summed E-state index contributed by atoms with van der Waals surface area (Å²) in [6, 6.07) is 20.6. The van der Waals surface area contributed by atoms with E-state index in [1.807, 2.05) is 42.5 Å². The van der Waals surface area contributed by atoms with Crippen molar-refractivity contribution in [2.45, 2.75) is 43.6 Å². The van der Waals surface area contributed by atoms with Crippen molar-refractivity contribution >= 4 is 73.7 Å². The average Bonchev–Trinajstić information content (AvgIpc) is 3.45. The number of piperidine rings is 1. The number of halogens is 3. The number of para-hydroxylation sites is 1. The molecular formula is C42H45F3N10O8S. The fourth-order valence-electron chi connectivity index (χ4n) is 8.49. The molecule has 5 aliphatic heterocycles. The van der Waals surface area contributed by atoms with Crippen molar-refractivity contribution in [1.82, 2.24) is 30.0 Å². The Morgan fingerprint density at radius 3 is 2.06 bits per heavy atom. The fourth-order valence-corrected chi connectivity index (χ4v) is 9.05.